The lowest BCUT2D eigenvalue weighted by atomic mass is 10.3. The molecule has 0 saturated heterocycles. The average Bonchev–Trinajstić information content (AvgIpc) is 2.24. The topological polar surface area (TPSA) is 64.3 Å². The van der Waals surface area contributed by atoms with Crippen molar-refractivity contribution in [2.75, 3.05) is 37.4 Å². The highest BCUT2D eigenvalue weighted by Gasteiger charge is 2.09. The summed E-state index contributed by atoms with van der Waals surface area (Å²) < 4.78 is 5.05. The molecule has 15 heavy (non-hydrogen) atoms. The van der Waals surface area contributed by atoms with E-state index in [1.807, 2.05) is 6.92 Å². The average molecular weight is 210 g/mol. The van der Waals surface area contributed by atoms with Gasteiger partial charge in [-0.25, -0.2) is 4.98 Å². The number of nitrogen functional groups attached to an aromatic ring is 1. The van der Waals surface area contributed by atoms with Gasteiger partial charge in [-0.1, -0.05) is 0 Å². The molecule has 5 heteroatoms. The lowest BCUT2D eigenvalue weighted by molar-refractivity contribution is 0.205. The molecule has 1 aromatic heterocycles. The van der Waals surface area contributed by atoms with Gasteiger partial charge in [0.2, 0.25) is 5.95 Å². The first-order valence-corrected chi connectivity index (χ1v) is 5.02. The van der Waals surface area contributed by atoms with E-state index in [0.29, 0.717) is 12.6 Å². The zero-order chi connectivity index (χ0) is 11.3. The van der Waals surface area contributed by atoms with E-state index < -0.39 is 0 Å². The van der Waals surface area contributed by atoms with Gasteiger partial charge < -0.3 is 15.4 Å². The number of aryl methyl sites for hydroxylation is 1. The van der Waals surface area contributed by atoms with E-state index >= 15 is 0 Å². The summed E-state index contributed by atoms with van der Waals surface area (Å²) >= 11 is 0. The SMILES string of the molecule is CCN(CCOC)c1nc(N)ncc1C. The lowest BCUT2D eigenvalue weighted by Crippen LogP contribution is -2.28. The number of ether oxygens (including phenoxy) is 1. The van der Waals surface area contributed by atoms with Gasteiger partial charge in [0.1, 0.15) is 5.82 Å². The molecule has 0 bridgehead atoms. The Morgan fingerprint density at radius 2 is 2.27 bits per heavy atom. The summed E-state index contributed by atoms with van der Waals surface area (Å²) in [6.07, 6.45) is 1.74. The molecule has 0 aliphatic heterocycles. The molecule has 0 fully saturated rings. The standard InChI is InChI=1S/C10H18N4O/c1-4-14(5-6-15-3)9-8(2)7-12-10(11)13-9/h7H,4-6H2,1-3H3,(H2,11,12,13). The van der Waals surface area contributed by atoms with Crippen LogP contribution in [0.4, 0.5) is 11.8 Å². The molecular formula is C10H18N4O. The highest BCUT2D eigenvalue weighted by molar-refractivity contribution is 5.47. The largest absolute Gasteiger partial charge is 0.383 e. The molecule has 84 valence electrons. The molecular weight excluding hydrogens is 192 g/mol. The van der Waals surface area contributed by atoms with Crippen LogP contribution >= 0.6 is 0 Å². The predicted octanol–water partition coefficient (Wildman–Crippen LogP) is 0.840. The van der Waals surface area contributed by atoms with E-state index in [2.05, 4.69) is 21.8 Å². The highest BCUT2D eigenvalue weighted by atomic mass is 16.5. The summed E-state index contributed by atoms with van der Waals surface area (Å²) in [5.74, 6) is 1.20. The smallest absolute Gasteiger partial charge is 0.221 e. The van der Waals surface area contributed by atoms with Crippen molar-refractivity contribution in [2.24, 2.45) is 0 Å². The summed E-state index contributed by atoms with van der Waals surface area (Å²) in [4.78, 5) is 10.3. The van der Waals surface area contributed by atoms with Gasteiger partial charge in [0.15, 0.2) is 0 Å². The van der Waals surface area contributed by atoms with E-state index in [-0.39, 0.29) is 0 Å². The van der Waals surface area contributed by atoms with Crippen LogP contribution in [0.25, 0.3) is 0 Å². The second-order valence-electron chi connectivity index (χ2n) is 3.31. The van der Waals surface area contributed by atoms with Crippen LogP contribution in [0.3, 0.4) is 0 Å². The minimum Gasteiger partial charge on any atom is -0.383 e. The molecule has 5 nitrogen and oxygen atoms in total. The fraction of sp³-hybridized carbons (Fsp3) is 0.600. The Kier molecular flexibility index (Phi) is 4.30. The molecule has 0 aromatic carbocycles. The zero-order valence-corrected chi connectivity index (χ0v) is 9.53. The van der Waals surface area contributed by atoms with Crippen molar-refractivity contribution < 1.29 is 4.74 Å². The zero-order valence-electron chi connectivity index (χ0n) is 9.53. The van der Waals surface area contributed by atoms with Crippen molar-refractivity contribution in [1.29, 1.82) is 0 Å². The molecule has 2 N–H and O–H groups in total. The predicted molar refractivity (Wildman–Crippen MR) is 60.9 cm³/mol. The summed E-state index contributed by atoms with van der Waals surface area (Å²) in [7, 11) is 1.69. The molecule has 0 atom stereocenters. The Bertz CT molecular complexity index is 316. The molecule has 0 spiro atoms. The Hall–Kier alpha value is -1.36. The Labute approximate surface area is 90.3 Å². The lowest BCUT2D eigenvalue weighted by Gasteiger charge is -2.23. The van der Waals surface area contributed by atoms with Crippen LogP contribution in [0.1, 0.15) is 12.5 Å². The minimum absolute atomic E-state index is 0.312. The van der Waals surface area contributed by atoms with E-state index in [0.717, 1.165) is 24.5 Å². The van der Waals surface area contributed by atoms with Crippen molar-refractivity contribution in [3.63, 3.8) is 0 Å². The fourth-order valence-corrected chi connectivity index (χ4v) is 1.38. The van der Waals surface area contributed by atoms with E-state index in [1.165, 1.54) is 0 Å². The van der Waals surface area contributed by atoms with Gasteiger partial charge in [0.25, 0.3) is 0 Å². The molecule has 1 heterocycles. The first-order chi connectivity index (χ1) is 7.19. The van der Waals surface area contributed by atoms with Crippen LogP contribution in [-0.2, 0) is 4.74 Å². The van der Waals surface area contributed by atoms with Crippen molar-refractivity contribution in [1.82, 2.24) is 9.97 Å². The summed E-state index contributed by atoms with van der Waals surface area (Å²) in [5, 5.41) is 0. The van der Waals surface area contributed by atoms with Crippen molar-refractivity contribution >= 4 is 11.8 Å². The maximum absolute atomic E-state index is 5.57. The Morgan fingerprint density at radius 1 is 1.53 bits per heavy atom. The van der Waals surface area contributed by atoms with Crippen LogP contribution < -0.4 is 10.6 Å². The summed E-state index contributed by atoms with van der Waals surface area (Å²) in [6, 6.07) is 0. The van der Waals surface area contributed by atoms with Gasteiger partial charge in [-0.15, -0.1) is 0 Å². The van der Waals surface area contributed by atoms with Crippen molar-refractivity contribution in [3.05, 3.63) is 11.8 Å². The molecule has 0 aliphatic rings. The number of nitrogens with two attached hydrogens (primary N) is 1. The van der Waals surface area contributed by atoms with E-state index in [1.54, 1.807) is 13.3 Å². The van der Waals surface area contributed by atoms with Crippen LogP contribution in [0.2, 0.25) is 0 Å². The second kappa shape index (κ2) is 5.50. The molecule has 0 unspecified atom stereocenters. The summed E-state index contributed by atoms with van der Waals surface area (Å²) in [6.45, 7) is 6.42. The maximum atomic E-state index is 5.57. The number of likely N-dealkylation sites (N-methyl/N-ethyl adjacent to an activating group) is 1. The van der Waals surface area contributed by atoms with Crippen LogP contribution in [0.5, 0.6) is 0 Å². The monoisotopic (exact) mass is 210 g/mol. The fourth-order valence-electron chi connectivity index (χ4n) is 1.38. The van der Waals surface area contributed by atoms with Crippen LogP contribution in [-0.4, -0.2) is 36.8 Å². The number of hydrogen-bond donors (Lipinski definition) is 1. The Morgan fingerprint density at radius 3 is 2.87 bits per heavy atom. The third-order valence-corrected chi connectivity index (χ3v) is 2.21. The van der Waals surface area contributed by atoms with Gasteiger partial charge in [0.05, 0.1) is 6.61 Å². The first-order valence-electron chi connectivity index (χ1n) is 5.02. The Balaban J connectivity index is 2.85. The first kappa shape index (κ1) is 11.7. The van der Waals surface area contributed by atoms with Gasteiger partial charge >= 0.3 is 0 Å². The van der Waals surface area contributed by atoms with E-state index in [9.17, 15) is 0 Å². The number of methoxy groups -OCH3 is 1. The van der Waals surface area contributed by atoms with Gasteiger partial charge in [0, 0.05) is 32.0 Å². The third kappa shape index (κ3) is 3.06. The number of anilines is 2. The summed E-state index contributed by atoms with van der Waals surface area (Å²) in [5.41, 5.74) is 6.60. The van der Waals surface area contributed by atoms with Crippen LogP contribution in [0.15, 0.2) is 6.20 Å². The quantitative estimate of drug-likeness (QED) is 0.780. The molecule has 0 saturated carbocycles. The van der Waals surface area contributed by atoms with E-state index in [4.69, 9.17) is 10.5 Å². The normalized spacial score (nSPS) is 10.3. The molecule has 1 aromatic rings. The van der Waals surface area contributed by atoms with Gasteiger partial charge in [-0.05, 0) is 13.8 Å². The number of nitrogens with zero attached hydrogens (tertiary/aromatic N) is 3. The van der Waals surface area contributed by atoms with Crippen molar-refractivity contribution in [3.8, 4) is 0 Å². The number of aromatic nitrogens is 2. The molecule has 1 rings (SSSR count). The van der Waals surface area contributed by atoms with Gasteiger partial charge in [-0.2, -0.15) is 4.98 Å². The number of rotatable bonds is 5. The maximum Gasteiger partial charge on any atom is 0.221 e. The number of hydrogen-bond acceptors (Lipinski definition) is 5. The second-order valence-corrected chi connectivity index (χ2v) is 3.31. The molecule has 0 radical (unpaired) electrons. The molecule has 0 aliphatic carbocycles. The van der Waals surface area contributed by atoms with Crippen molar-refractivity contribution in [2.45, 2.75) is 13.8 Å². The third-order valence-electron chi connectivity index (χ3n) is 2.21. The highest BCUT2D eigenvalue weighted by Crippen LogP contribution is 2.16. The van der Waals surface area contributed by atoms with Crippen LogP contribution in [0, 0.1) is 6.92 Å². The minimum atomic E-state index is 0.312. The van der Waals surface area contributed by atoms with Gasteiger partial charge in [-0.3, -0.25) is 0 Å². The molecule has 0 amide bonds.